The molecule has 0 radical (unpaired) electrons. The molecule has 0 fully saturated rings. The highest BCUT2D eigenvalue weighted by Gasteiger charge is 2.08. The zero-order valence-electron chi connectivity index (χ0n) is 9.48. The molecule has 0 aliphatic carbocycles. The van der Waals surface area contributed by atoms with Crippen LogP contribution in [0.3, 0.4) is 0 Å². The van der Waals surface area contributed by atoms with E-state index in [1.54, 1.807) is 37.4 Å². The molecule has 88 valence electrons. The summed E-state index contributed by atoms with van der Waals surface area (Å²) in [4.78, 5) is 14.9. The lowest BCUT2D eigenvalue weighted by molar-refractivity contribution is 0.0601. The quantitative estimate of drug-likeness (QED) is 0.747. The van der Waals surface area contributed by atoms with Crippen molar-refractivity contribution in [3.8, 4) is 5.69 Å². The summed E-state index contributed by atoms with van der Waals surface area (Å²) in [5.74, 6) is -0.418. The van der Waals surface area contributed by atoms with Gasteiger partial charge in [-0.1, -0.05) is 0 Å². The molecule has 0 N–H and O–H groups in total. The van der Waals surface area contributed by atoms with Gasteiger partial charge in [0, 0.05) is 11.9 Å². The van der Waals surface area contributed by atoms with Gasteiger partial charge in [0.1, 0.15) is 0 Å². The van der Waals surface area contributed by atoms with E-state index in [0.717, 1.165) is 0 Å². The van der Waals surface area contributed by atoms with E-state index in [2.05, 4.69) is 9.72 Å². The summed E-state index contributed by atoms with van der Waals surface area (Å²) in [6.45, 7) is 1.71. The lowest BCUT2D eigenvalue weighted by atomic mass is 10.2. The van der Waals surface area contributed by atoms with Gasteiger partial charge < -0.3 is 4.74 Å². The number of carbonyl (C=O) groups is 1. The maximum absolute atomic E-state index is 13.4. The summed E-state index contributed by atoms with van der Waals surface area (Å²) < 4.78 is 19.3. The van der Waals surface area contributed by atoms with Gasteiger partial charge in [0.15, 0.2) is 0 Å². The average molecular weight is 234 g/mol. The second-order valence-electron chi connectivity index (χ2n) is 3.56. The minimum atomic E-state index is -0.576. The van der Waals surface area contributed by atoms with Gasteiger partial charge in [-0.05, 0) is 31.2 Å². The van der Waals surface area contributed by atoms with Crippen LogP contribution in [0.15, 0.2) is 30.5 Å². The Bertz CT molecular complexity index is 546. The number of methoxy groups -OCH3 is 1. The van der Waals surface area contributed by atoms with Crippen molar-refractivity contribution in [3.05, 3.63) is 47.8 Å². The number of hydrogen-bond donors (Lipinski definition) is 0. The first-order chi connectivity index (χ1) is 8.11. The molecule has 1 heterocycles. The third-order valence-corrected chi connectivity index (χ3v) is 2.35. The van der Waals surface area contributed by atoms with E-state index in [-0.39, 0.29) is 0 Å². The Morgan fingerprint density at radius 2 is 2.00 bits per heavy atom. The van der Waals surface area contributed by atoms with Gasteiger partial charge >= 0.3 is 5.97 Å². The maximum Gasteiger partial charge on any atom is 0.337 e. The topological polar surface area (TPSA) is 44.1 Å². The summed E-state index contributed by atoms with van der Waals surface area (Å²) in [6, 6.07) is 6.43. The van der Waals surface area contributed by atoms with Crippen LogP contribution >= 0.6 is 0 Å². The Morgan fingerprint density at radius 3 is 2.47 bits per heavy atom. The van der Waals surface area contributed by atoms with Crippen LogP contribution in [0, 0.1) is 13.0 Å². The molecule has 17 heavy (non-hydrogen) atoms. The molecule has 2 aromatic rings. The number of imidazole rings is 1. The second kappa shape index (κ2) is 4.37. The Labute approximate surface area is 97.7 Å². The van der Waals surface area contributed by atoms with Crippen LogP contribution in [0.2, 0.25) is 0 Å². The Hall–Kier alpha value is -2.17. The van der Waals surface area contributed by atoms with Crippen molar-refractivity contribution in [1.29, 1.82) is 0 Å². The number of ether oxygens (including phenoxy) is 1. The van der Waals surface area contributed by atoms with Gasteiger partial charge in [0.2, 0.25) is 0 Å². The van der Waals surface area contributed by atoms with Crippen LogP contribution < -0.4 is 0 Å². The molecule has 0 aliphatic rings. The minimum absolute atomic E-state index is 0.418. The Kier molecular flexibility index (Phi) is 2.91. The van der Waals surface area contributed by atoms with E-state index in [4.69, 9.17) is 0 Å². The average Bonchev–Trinajstić information content (AvgIpc) is 2.68. The summed E-state index contributed by atoms with van der Waals surface area (Å²) in [7, 11) is 1.31. The zero-order valence-corrected chi connectivity index (χ0v) is 9.48. The van der Waals surface area contributed by atoms with Gasteiger partial charge in [0.25, 0.3) is 6.08 Å². The van der Waals surface area contributed by atoms with Crippen LogP contribution in [-0.2, 0) is 4.74 Å². The van der Waals surface area contributed by atoms with Crippen LogP contribution in [0.4, 0.5) is 4.39 Å². The Balaban J connectivity index is 2.35. The lowest BCUT2D eigenvalue weighted by Crippen LogP contribution is -2.02. The van der Waals surface area contributed by atoms with Crippen molar-refractivity contribution >= 4 is 5.97 Å². The molecule has 5 heteroatoms. The van der Waals surface area contributed by atoms with Crippen LogP contribution in [0.1, 0.15) is 16.1 Å². The van der Waals surface area contributed by atoms with Gasteiger partial charge in [0.05, 0.1) is 18.4 Å². The molecule has 0 unspecified atom stereocenters. The first-order valence-corrected chi connectivity index (χ1v) is 5.02. The van der Waals surface area contributed by atoms with Crippen LogP contribution in [0.5, 0.6) is 0 Å². The number of hydrogen-bond acceptors (Lipinski definition) is 3. The van der Waals surface area contributed by atoms with Gasteiger partial charge in [-0.3, -0.25) is 4.57 Å². The monoisotopic (exact) mass is 234 g/mol. The van der Waals surface area contributed by atoms with Crippen molar-refractivity contribution in [1.82, 2.24) is 9.55 Å². The standard InChI is InChI=1S/C12H11FN2O2/c1-8-7-15(12(13)14-8)10-5-3-9(4-6-10)11(16)17-2/h3-7H,1-2H3. The number of benzene rings is 1. The maximum atomic E-state index is 13.4. The third-order valence-electron chi connectivity index (χ3n) is 2.35. The summed E-state index contributed by atoms with van der Waals surface area (Å²) in [5, 5.41) is 0. The fourth-order valence-electron chi connectivity index (χ4n) is 1.53. The van der Waals surface area contributed by atoms with Gasteiger partial charge in [-0.15, -0.1) is 0 Å². The van der Waals surface area contributed by atoms with E-state index < -0.39 is 12.0 Å². The molecule has 4 nitrogen and oxygen atoms in total. The molecule has 0 saturated carbocycles. The largest absolute Gasteiger partial charge is 0.465 e. The van der Waals surface area contributed by atoms with E-state index in [9.17, 15) is 9.18 Å². The van der Waals surface area contributed by atoms with Crippen molar-refractivity contribution in [3.63, 3.8) is 0 Å². The van der Waals surface area contributed by atoms with Crippen LogP contribution in [-0.4, -0.2) is 22.6 Å². The third kappa shape index (κ3) is 2.18. The van der Waals surface area contributed by atoms with Crippen LogP contribution in [0.25, 0.3) is 5.69 Å². The highest BCUT2D eigenvalue weighted by molar-refractivity contribution is 5.89. The molecular formula is C12H11FN2O2. The summed E-state index contributed by atoms with van der Waals surface area (Å²) in [5.41, 5.74) is 1.63. The summed E-state index contributed by atoms with van der Waals surface area (Å²) in [6.07, 6.45) is 1.01. The molecule has 1 aromatic heterocycles. The number of rotatable bonds is 2. The Morgan fingerprint density at radius 1 is 1.35 bits per heavy atom. The smallest absolute Gasteiger partial charge is 0.337 e. The lowest BCUT2D eigenvalue weighted by Gasteiger charge is -2.04. The first-order valence-electron chi connectivity index (χ1n) is 5.02. The fraction of sp³-hybridized carbons (Fsp3) is 0.167. The number of aryl methyl sites for hydroxylation is 1. The van der Waals surface area contributed by atoms with E-state index in [0.29, 0.717) is 16.9 Å². The molecule has 1 aromatic carbocycles. The molecule has 0 spiro atoms. The van der Waals surface area contributed by atoms with Gasteiger partial charge in [-0.2, -0.15) is 4.39 Å². The molecule has 0 atom stereocenters. The molecular weight excluding hydrogens is 223 g/mol. The molecule has 0 aliphatic heterocycles. The number of nitrogens with zero attached hydrogens (tertiary/aromatic N) is 2. The van der Waals surface area contributed by atoms with E-state index in [1.807, 2.05) is 0 Å². The normalized spacial score (nSPS) is 10.3. The van der Waals surface area contributed by atoms with Crippen molar-refractivity contribution in [2.45, 2.75) is 6.92 Å². The first kappa shape index (κ1) is 11.3. The van der Waals surface area contributed by atoms with Gasteiger partial charge in [-0.25, -0.2) is 9.78 Å². The van der Waals surface area contributed by atoms with Crippen molar-refractivity contribution in [2.24, 2.45) is 0 Å². The highest BCUT2D eigenvalue weighted by atomic mass is 19.1. The SMILES string of the molecule is COC(=O)c1ccc(-n2cc(C)nc2F)cc1. The number of esters is 1. The minimum Gasteiger partial charge on any atom is -0.465 e. The highest BCUT2D eigenvalue weighted by Crippen LogP contribution is 2.13. The van der Waals surface area contributed by atoms with E-state index >= 15 is 0 Å². The molecule has 2 rings (SSSR count). The number of carbonyl (C=O) groups excluding carboxylic acids is 1. The van der Waals surface area contributed by atoms with E-state index in [1.165, 1.54) is 11.7 Å². The predicted octanol–water partition coefficient (Wildman–Crippen LogP) is 2.11. The zero-order chi connectivity index (χ0) is 12.4. The fourth-order valence-corrected chi connectivity index (χ4v) is 1.53. The number of halogens is 1. The molecule has 0 bridgehead atoms. The predicted molar refractivity (Wildman–Crippen MR) is 59.6 cm³/mol. The van der Waals surface area contributed by atoms with Crippen molar-refractivity contribution in [2.75, 3.05) is 7.11 Å². The summed E-state index contributed by atoms with van der Waals surface area (Å²) >= 11 is 0. The number of aromatic nitrogens is 2. The molecule has 0 saturated heterocycles. The second-order valence-corrected chi connectivity index (χ2v) is 3.56. The molecule has 0 amide bonds. The van der Waals surface area contributed by atoms with Crippen molar-refractivity contribution < 1.29 is 13.9 Å².